The van der Waals surface area contributed by atoms with E-state index in [1.165, 1.54) is 12.8 Å². The summed E-state index contributed by atoms with van der Waals surface area (Å²) >= 11 is 0. The Bertz CT molecular complexity index is 577. The molecule has 2 heterocycles. The van der Waals surface area contributed by atoms with Gasteiger partial charge in [-0.2, -0.15) is 0 Å². The smallest absolute Gasteiger partial charge is 0.250 e. The van der Waals surface area contributed by atoms with Crippen LogP contribution in [0.2, 0.25) is 0 Å². The number of aromatic nitrogens is 1. The van der Waals surface area contributed by atoms with Crippen LogP contribution in [-0.2, 0) is 11.3 Å². The van der Waals surface area contributed by atoms with Gasteiger partial charge in [-0.1, -0.05) is 6.92 Å². The second kappa shape index (κ2) is 9.47. The Morgan fingerprint density at radius 3 is 2.75 bits per heavy atom. The van der Waals surface area contributed by atoms with Gasteiger partial charge in [-0.05, 0) is 37.7 Å². The van der Waals surface area contributed by atoms with Gasteiger partial charge in [0.05, 0.1) is 5.69 Å². The Morgan fingerprint density at radius 2 is 2.04 bits per heavy atom. The number of pyridine rings is 1. The summed E-state index contributed by atoms with van der Waals surface area (Å²) < 4.78 is 1.77. The Labute approximate surface area is 144 Å². The molecule has 6 nitrogen and oxygen atoms in total. The predicted molar refractivity (Wildman–Crippen MR) is 97.2 cm³/mol. The van der Waals surface area contributed by atoms with E-state index in [9.17, 15) is 9.59 Å². The molecule has 0 saturated carbocycles. The van der Waals surface area contributed by atoms with Crippen molar-refractivity contribution >= 4 is 11.6 Å². The van der Waals surface area contributed by atoms with Crippen molar-refractivity contribution in [2.45, 2.75) is 45.6 Å². The zero-order valence-corrected chi connectivity index (χ0v) is 14.7. The molecule has 0 spiro atoms. The number of carbonyl (C=O) groups excluding carboxylic acids is 1. The molecule has 134 valence electrons. The van der Waals surface area contributed by atoms with Crippen LogP contribution >= 0.6 is 0 Å². The van der Waals surface area contributed by atoms with Crippen LogP contribution in [-0.4, -0.2) is 36.7 Å². The molecule has 0 aromatic carbocycles. The number of unbranched alkanes of at least 4 members (excludes halogenated alkanes) is 1. The zero-order chi connectivity index (χ0) is 17.4. The molecule has 0 atom stereocenters. The first-order chi connectivity index (χ1) is 11.6. The molecule has 1 aliphatic heterocycles. The molecule has 3 N–H and O–H groups in total. The summed E-state index contributed by atoms with van der Waals surface area (Å²) in [6, 6.07) is 3.58. The first kappa shape index (κ1) is 18.5. The van der Waals surface area contributed by atoms with Crippen molar-refractivity contribution in [3.05, 3.63) is 28.7 Å². The topological polar surface area (TPSA) is 80.4 Å². The minimum Gasteiger partial charge on any atom is -0.370 e. The van der Waals surface area contributed by atoms with Crippen molar-refractivity contribution < 1.29 is 4.79 Å². The third kappa shape index (κ3) is 5.67. The van der Waals surface area contributed by atoms with Gasteiger partial charge in [0, 0.05) is 51.4 Å². The normalized spacial score (nSPS) is 15.5. The van der Waals surface area contributed by atoms with Crippen molar-refractivity contribution in [1.82, 2.24) is 9.88 Å². The maximum Gasteiger partial charge on any atom is 0.250 e. The Balaban J connectivity index is 1.83. The molecule has 1 aromatic heterocycles. The Kier molecular flexibility index (Phi) is 7.31. The molecule has 1 fully saturated rings. The third-order valence-electron chi connectivity index (χ3n) is 4.64. The lowest BCUT2D eigenvalue weighted by molar-refractivity contribution is -0.121. The standard InChI is InChI=1S/C18H30N4O2/c1-15-7-12-21(13-8-15)16-5-6-18(24)22(14-16)11-3-2-4-17(23)20-10-9-19/h5-6,14-15H,2-4,7-13,19H2,1H3,(H,20,23). The number of aryl methyl sites for hydroxylation is 1. The number of anilines is 1. The van der Waals surface area contributed by atoms with Crippen LogP contribution in [0.4, 0.5) is 5.69 Å². The van der Waals surface area contributed by atoms with Gasteiger partial charge in [0.1, 0.15) is 0 Å². The highest BCUT2D eigenvalue weighted by molar-refractivity contribution is 5.75. The minimum absolute atomic E-state index is 0.0247. The van der Waals surface area contributed by atoms with Gasteiger partial charge >= 0.3 is 0 Å². The van der Waals surface area contributed by atoms with Gasteiger partial charge < -0.3 is 20.5 Å². The lowest BCUT2D eigenvalue weighted by Gasteiger charge is -2.32. The maximum absolute atomic E-state index is 12.0. The number of nitrogens with zero attached hydrogens (tertiary/aromatic N) is 2. The number of rotatable bonds is 8. The van der Waals surface area contributed by atoms with Gasteiger partial charge in [-0.25, -0.2) is 0 Å². The van der Waals surface area contributed by atoms with Crippen molar-refractivity contribution in [3.8, 4) is 0 Å². The monoisotopic (exact) mass is 334 g/mol. The highest BCUT2D eigenvalue weighted by Crippen LogP contribution is 2.21. The number of nitrogens with two attached hydrogens (primary N) is 1. The van der Waals surface area contributed by atoms with E-state index in [-0.39, 0.29) is 11.5 Å². The number of amides is 1. The highest BCUT2D eigenvalue weighted by atomic mass is 16.1. The molecule has 1 aliphatic rings. The van der Waals surface area contributed by atoms with Crippen LogP contribution in [0, 0.1) is 5.92 Å². The Hall–Kier alpha value is -1.82. The van der Waals surface area contributed by atoms with Crippen molar-refractivity contribution in [1.29, 1.82) is 0 Å². The molecule has 0 bridgehead atoms. The van der Waals surface area contributed by atoms with Crippen molar-refractivity contribution in [2.24, 2.45) is 11.7 Å². The minimum atomic E-state index is 0.0247. The van der Waals surface area contributed by atoms with Gasteiger partial charge in [0.2, 0.25) is 5.91 Å². The quantitative estimate of drug-likeness (QED) is 0.703. The first-order valence-electron chi connectivity index (χ1n) is 9.02. The lowest BCUT2D eigenvalue weighted by Crippen LogP contribution is -2.33. The fourth-order valence-electron chi connectivity index (χ4n) is 3.01. The van der Waals surface area contributed by atoms with E-state index in [0.717, 1.165) is 37.5 Å². The molecule has 0 radical (unpaired) electrons. The first-order valence-corrected chi connectivity index (χ1v) is 9.02. The van der Waals surface area contributed by atoms with Gasteiger partial charge in [-0.15, -0.1) is 0 Å². The Morgan fingerprint density at radius 1 is 1.29 bits per heavy atom. The zero-order valence-electron chi connectivity index (χ0n) is 14.7. The van der Waals surface area contributed by atoms with Crippen LogP contribution in [0.15, 0.2) is 23.1 Å². The average Bonchev–Trinajstić information content (AvgIpc) is 2.59. The molecule has 1 aromatic rings. The second-order valence-electron chi connectivity index (χ2n) is 6.68. The van der Waals surface area contributed by atoms with Gasteiger partial charge in [0.25, 0.3) is 5.56 Å². The molecule has 1 saturated heterocycles. The fourth-order valence-corrected chi connectivity index (χ4v) is 3.01. The summed E-state index contributed by atoms with van der Waals surface area (Å²) in [6.07, 6.45) is 6.45. The largest absolute Gasteiger partial charge is 0.370 e. The van der Waals surface area contributed by atoms with Gasteiger partial charge in [-0.3, -0.25) is 9.59 Å². The predicted octanol–water partition coefficient (Wildman–Crippen LogP) is 1.33. The van der Waals surface area contributed by atoms with E-state index in [0.29, 0.717) is 26.1 Å². The molecule has 24 heavy (non-hydrogen) atoms. The lowest BCUT2D eigenvalue weighted by atomic mass is 9.99. The summed E-state index contributed by atoms with van der Waals surface area (Å²) in [5, 5.41) is 2.76. The molecule has 6 heteroatoms. The summed E-state index contributed by atoms with van der Waals surface area (Å²) in [4.78, 5) is 25.9. The van der Waals surface area contributed by atoms with Crippen molar-refractivity contribution in [3.63, 3.8) is 0 Å². The SMILES string of the molecule is CC1CCN(c2ccc(=O)n(CCCCC(=O)NCCN)c2)CC1. The van der Waals surface area contributed by atoms with E-state index < -0.39 is 0 Å². The summed E-state index contributed by atoms with van der Waals surface area (Å²) in [5.74, 6) is 0.821. The summed E-state index contributed by atoms with van der Waals surface area (Å²) in [5.41, 5.74) is 6.50. The van der Waals surface area contributed by atoms with E-state index in [2.05, 4.69) is 17.1 Å². The number of carbonyl (C=O) groups is 1. The summed E-state index contributed by atoms with van der Waals surface area (Å²) in [6.45, 7) is 6.04. The molecule has 2 rings (SSSR count). The van der Waals surface area contributed by atoms with Crippen LogP contribution in [0.3, 0.4) is 0 Å². The molecule has 0 aliphatic carbocycles. The van der Waals surface area contributed by atoms with E-state index in [1.807, 2.05) is 12.3 Å². The summed E-state index contributed by atoms with van der Waals surface area (Å²) in [7, 11) is 0. The van der Waals surface area contributed by atoms with E-state index in [1.54, 1.807) is 10.6 Å². The molecular weight excluding hydrogens is 304 g/mol. The highest BCUT2D eigenvalue weighted by Gasteiger charge is 2.16. The maximum atomic E-state index is 12.0. The third-order valence-corrected chi connectivity index (χ3v) is 4.64. The van der Waals surface area contributed by atoms with Crippen LogP contribution in [0.25, 0.3) is 0 Å². The van der Waals surface area contributed by atoms with E-state index in [4.69, 9.17) is 5.73 Å². The van der Waals surface area contributed by atoms with Crippen LogP contribution < -0.4 is 21.5 Å². The molecule has 1 amide bonds. The van der Waals surface area contributed by atoms with Crippen LogP contribution in [0.1, 0.15) is 39.0 Å². The molecule has 0 unspecified atom stereocenters. The number of hydrogen-bond donors (Lipinski definition) is 2. The average molecular weight is 334 g/mol. The number of piperidine rings is 1. The van der Waals surface area contributed by atoms with Crippen LogP contribution in [0.5, 0.6) is 0 Å². The second-order valence-corrected chi connectivity index (χ2v) is 6.68. The van der Waals surface area contributed by atoms with E-state index >= 15 is 0 Å². The number of hydrogen-bond acceptors (Lipinski definition) is 4. The van der Waals surface area contributed by atoms with Gasteiger partial charge in [0.15, 0.2) is 0 Å². The number of nitrogens with one attached hydrogen (secondary N) is 1. The van der Waals surface area contributed by atoms with Crippen molar-refractivity contribution in [2.75, 3.05) is 31.1 Å². The molecular formula is C18H30N4O2. The fraction of sp³-hybridized carbons (Fsp3) is 0.667.